The number of halogens is 2. The Morgan fingerprint density at radius 2 is 1.81 bits per heavy atom. The summed E-state index contributed by atoms with van der Waals surface area (Å²) in [5.41, 5.74) is 1.57. The molecule has 0 saturated heterocycles. The molecule has 2 amide bonds. The van der Waals surface area contributed by atoms with Crippen LogP contribution in [0.4, 0.5) is 10.5 Å². The highest BCUT2D eigenvalue weighted by Gasteiger charge is 2.44. The summed E-state index contributed by atoms with van der Waals surface area (Å²) in [6, 6.07) is 10.5. The first-order valence-corrected chi connectivity index (χ1v) is 8.95. The summed E-state index contributed by atoms with van der Waals surface area (Å²) in [5.74, 6) is 1.38. The number of carbonyl (C=O) groups is 1. The van der Waals surface area contributed by atoms with E-state index in [1.165, 1.54) is 0 Å². The number of nitrogens with one attached hydrogen (secondary N) is 2. The first kappa shape index (κ1) is 18.7. The fourth-order valence-electron chi connectivity index (χ4n) is 2.89. The molecule has 0 atom stereocenters. The lowest BCUT2D eigenvalue weighted by molar-refractivity contribution is 0.251. The average Bonchev–Trinajstić information content (AvgIpc) is 3.43. The van der Waals surface area contributed by atoms with E-state index in [4.69, 9.17) is 32.7 Å². The lowest BCUT2D eigenvalue weighted by Crippen LogP contribution is -2.35. The molecule has 0 heterocycles. The molecule has 0 aliphatic heterocycles. The zero-order valence-corrected chi connectivity index (χ0v) is 16.1. The molecule has 26 heavy (non-hydrogen) atoms. The van der Waals surface area contributed by atoms with Crippen molar-refractivity contribution in [2.45, 2.75) is 18.3 Å². The van der Waals surface area contributed by atoms with Gasteiger partial charge in [0, 0.05) is 17.0 Å². The Morgan fingerprint density at radius 3 is 2.42 bits per heavy atom. The van der Waals surface area contributed by atoms with Crippen molar-refractivity contribution < 1.29 is 14.3 Å². The highest BCUT2D eigenvalue weighted by atomic mass is 35.5. The minimum Gasteiger partial charge on any atom is -0.493 e. The van der Waals surface area contributed by atoms with Gasteiger partial charge in [-0.2, -0.15) is 0 Å². The molecule has 0 unspecified atom stereocenters. The molecule has 0 aromatic heterocycles. The van der Waals surface area contributed by atoms with Crippen LogP contribution in [0.1, 0.15) is 18.4 Å². The number of rotatable bonds is 6. The van der Waals surface area contributed by atoms with Gasteiger partial charge in [-0.15, -0.1) is 0 Å². The molecule has 0 bridgehead atoms. The van der Waals surface area contributed by atoms with Gasteiger partial charge in [-0.05, 0) is 48.7 Å². The van der Waals surface area contributed by atoms with Crippen molar-refractivity contribution in [1.29, 1.82) is 0 Å². The van der Waals surface area contributed by atoms with Crippen LogP contribution in [0.25, 0.3) is 0 Å². The van der Waals surface area contributed by atoms with Crippen molar-refractivity contribution >= 4 is 34.9 Å². The second-order valence-electron chi connectivity index (χ2n) is 6.28. The SMILES string of the molecule is COc1ccc(C2(CNC(=O)Nc3ccc(Cl)cc3Cl)CC2)cc1OC. The van der Waals surface area contributed by atoms with Gasteiger partial charge < -0.3 is 20.1 Å². The number of anilines is 1. The maximum Gasteiger partial charge on any atom is 0.319 e. The Hall–Kier alpha value is -2.11. The van der Waals surface area contributed by atoms with Crippen molar-refractivity contribution in [1.82, 2.24) is 5.32 Å². The molecule has 0 spiro atoms. The molecular formula is C19H20Cl2N2O3. The van der Waals surface area contributed by atoms with Crippen LogP contribution in [0.15, 0.2) is 36.4 Å². The number of hydrogen-bond acceptors (Lipinski definition) is 3. The molecule has 1 saturated carbocycles. The summed E-state index contributed by atoms with van der Waals surface area (Å²) in [6.07, 6.45) is 2.01. The first-order chi connectivity index (χ1) is 12.5. The number of methoxy groups -OCH3 is 2. The number of carbonyl (C=O) groups excluding carboxylic acids is 1. The van der Waals surface area contributed by atoms with Crippen LogP contribution in [0.2, 0.25) is 10.0 Å². The Labute approximate surface area is 162 Å². The van der Waals surface area contributed by atoms with Gasteiger partial charge in [0.15, 0.2) is 11.5 Å². The normalized spacial score (nSPS) is 14.5. The van der Waals surface area contributed by atoms with E-state index in [1.54, 1.807) is 32.4 Å². The molecule has 2 aromatic rings. The standard InChI is InChI=1S/C19H20Cl2N2O3/c1-25-16-6-3-12(9-17(16)26-2)19(7-8-19)11-22-18(24)23-15-5-4-13(20)10-14(15)21/h3-6,9-10H,7-8,11H2,1-2H3,(H2,22,23,24). The van der Waals surface area contributed by atoms with E-state index in [0.717, 1.165) is 18.4 Å². The van der Waals surface area contributed by atoms with E-state index in [-0.39, 0.29) is 11.4 Å². The predicted octanol–water partition coefficient (Wildman–Crippen LogP) is 4.86. The molecule has 0 radical (unpaired) electrons. The zero-order chi connectivity index (χ0) is 18.7. The van der Waals surface area contributed by atoms with Crippen LogP contribution >= 0.6 is 23.2 Å². The maximum absolute atomic E-state index is 12.2. The Morgan fingerprint density at radius 1 is 1.08 bits per heavy atom. The van der Waals surface area contributed by atoms with Crippen LogP contribution in [-0.2, 0) is 5.41 Å². The summed E-state index contributed by atoms with van der Waals surface area (Å²) in [5, 5.41) is 6.59. The Balaban J connectivity index is 1.64. The van der Waals surface area contributed by atoms with Gasteiger partial charge in [0.05, 0.1) is 24.9 Å². The molecule has 1 aliphatic rings. The molecular weight excluding hydrogens is 375 g/mol. The van der Waals surface area contributed by atoms with Gasteiger partial charge in [-0.25, -0.2) is 4.79 Å². The topological polar surface area (TPSA) is 59.6 Å². The van der Waals surface area contributed by atoms with Crippen LogP contribution in [0.5, 0.6) is 11.5 Å². The van der Waals surface area contributed by atoms with Crippen molar-refractivity contribution in [2.24, 2.45) is 0 Å². The maximum atomic E-state index is 12.2. The van der Waals surface area contributed by atoms with Crippen LogP contribution in [-0.4, -0.2) is 26.8 Å². The second kappa shape index (κ2) is 7.64. The molecule has 5 nitrogen and oxygen atoms in total. The fourth-order valence-corrected chi connectivity index (χ4v) is 3.35. The third kappa shape index (κ3) is 4.00. The minimum atomic E-state index is -0.305. The largest absolute Gasteiger partial charge is 0.493 e. The van der Waals surface area contributed by atoms with Crippen molar-refractivity contribution in [3.05, 3.63) is 52.0 Å². The average molecular weight is 395 g/mol. The Bertz CT molecular complexity index is 822. The van der Waals surface area contributed by atoms with Crippen LogP contribution in [0, 0.1) is 0 Å². The molecule has 3 rings (SSSR count). The highest BCUT2D eigenvalue weighted by molar-refractivity contribution is 6.36. The fraction of sp³-hybridized carbons (Fsp3) is 0.316. The van der Waals surface area contributed by atoms with E-state index < -0.39 is 0 Å². The number of urea groups is 1. The number of ether oxygens (including phenoxy) is 2. The molecule has 2 N–H and O–H groups in total. The summed E-state index contributed by atoms with van der Waals surface area (Å²) >= 11 is 11.9. The van der Waals surface area contributed by atoms with Crippen molar-refractivity contribution in [2.75, 3.05) is 26.1 Å². The third-order valence-corrected chi connectivity index (χ3v) is 5.16. The molecule has 1 aliphatic carbocycles. The first-order valence-electron chi connectivity index (χ1n) is 8.20. The third-order valence-electron chi connectivity index (χ3n) is 4.62. The molecule has 1 fully saturated rings. The van der Waals surface area contributed by atoms with E-state index in [1.807, 2.05) is 18.2 Å². The van der Waals surface area contributed by atoms with Gasteiger partial charge in [-0.1, -0.05) is 29.3 Å². The Kier molecular flexibility index (Phi) is 5.49. The second-order valence-corrected chi connectivity index (χ2v) is 7.13. The van der Waals surface area contributed by atoms with E-state index >= 15 is 0 Å². The summed E-state index contributed by atoms with van der Waals surface area (Å²) in [6.45, 7) is 0.527. The van der Waals surface area contributed by atoms with Crippen molar-refractivity contribution in [3.63, 3.8) is 0 Å². The van der Waals surface area contributed by atoms with E-state index in [9.17, 15) is 4.79 Å². The zero-order valence-electron chi connectivity index (χ0n) is 14.6. The molecule has 138 valence electrons. The van der Waals surface area contributed by atoms with Gasteiger partial charge in [-0.3, -0.25) is 0 Å². The lowest BCUT2D eigenvalue weighted by atomic mass is 9.95. The molecule has 2 aromatic carbocycles. The van der Waals surface area contributed by atoms with E-state index in [2.05, 4.69) is 10.6 Å². The van der Waals surface area contributed by atoms with Crippen LogP contribution < -0.4 is 20.1 Å². The minimum absolute atomic E-state index is 0.0688. The summed E-state index contributed by atoms with van der Waals surface area (Å²) in [7, 11) is 3.22. The quantitative estimate of drug-likeness (QED) is 0.734. The van der Waals surface area contributed by atoms with Crippen LogP contribution in [0.3, 0.4) is 0 Å². The highest BCUT2D eigenvalue weighted by Crippen LogP contribution is 2.49. The smallest absolute Gasteiger partial charge is 0.319 e. The number of hydrogen-bond donors (Lipinski definition) is 2. The summed E-state index contributed by atoms with van der Waals surface area (Å²) < 4.78 is 10.7. The molecule has 7 heteroatoms. The number of benzene rings is 2. The van der Waals surface area contributed by atoms with Gasteiger partial charge in [0.2, 0.25) is 0 Å². The number of amides is 2. The van der Waals surface area contributed by atoms with Gasteiger partial charge in [0.25, 0.3) is 0 Å². The lowest BCUT2D eigenvalue weighted by Gasteiger charge is -2.19. The predicted molar refractivity (Wildman–Crippen MR) is 104 cm³/mol. The van der Waals surface area contributed by atoms with Gasteiger partial charge in [0.1, 0.15) is 0 Å². The monoisotopic (exact) mass is 394 g/mol. The van der Waals surface area contributed by atoms with E-state index in [0.29, 0.717) is 33.8 Å². The summed E-state index contributed by atoms with van der Waals surface area (Å²) in [4.78, 5) is 12.2. The van der Waals surface area contributed by atoms with Gasteiger partial charge >= 0.3 is 6.03 Å². The van der Waals surface area contributed by atoms with Crippen molar-refractivity contribution in [3.8, 4) is 11.5 Å².